The maximum atomic E-state index is 12.1. The second-order valence-corrected chi connectivity index (χ2v) is 10.2. The van der Waals surface area contributed by atoms with Crippen molar-refractivity contribution in [1.82, 2.24) is 0 Å². The Morgan fingerprint density at radius 2 is 1.83 bits per heavy atom. The van der Waals surface area contributed by atoms with Crippen LogP contribution in [0.15, 0.2) is 11.6 Å². The summed E-state index contributed by atoms with van der Waals surface area (Å²) in [6.45, 7) is 8.69. The van der Waals surface area contributed by atoms with E-state index < -0.39 is 5.60 Å². The Bertz CT molecular complexity index is 589. The van der Waals surface area contributed by atoms with Crippen molar-refractivity contribution in [2.24, 2.45) is 34.5 Å². The number of ketones is 1. The molecule has 24 heavy (non-hydrogen) atoms. The van der Waals surface area contributed by atoms with E-state index in [2.05, 4.69) is 19.9 Å². The van der Waals surface area contributed by atoms with Crippen molar-refractivity contribution in [2.75, 3.05) is 0 Å². The molecule has 4 rings (SSSR count). The van der Waals surface area contributed by atoms with Crippen molar-refractivity contribution >= 4 is 5.78 Å². The first-order valence-electron chi connectivity index (χ1n) is 10.1. The van der Waals surface area contributed by atoms with Gasteiger partial charge in [-0.3, -0.25) is 4.79 Å². The molecule has 0 heterocycles. The number of carbonyl (C=O) groups is 1. The summed E-state index contributed by atoms with van der Waals surface area (Å²) in [5, 5.41) is 10.6. The van der Waals surface area contributed by atoms with E-state index in [1.54, 1.807) is 6.92 Å². The number of allylic oxidation sites excluding steroid dienone is 2. The largest absolute Gasteiger partial charge is 0.390 e. The zero-order chi connectivity index (χ0) is 17.3. The van der Waals surface area contributed by atoms with Gasteiger partial charge < -0.3 is 5.11 Å². The third kappa shape index (κ3) is 2.21. The van der Waals surface area contributed by atoms with Crippen LogP contribution >= 0.6 is 0 Å². The molecule has 0 aromatic carbocycles. The lowest BCUT2D eigenvalue weighted by Gasteiger charge is -2.61. The fourth-order valence-electron chi connectivity index (χ4n) is 7.54. The summed E-state index contributed by atoms with van der Waals surface area (Å²) in [6.07, 6.45) is 11.6. The van der Waals surface area contributed by atoms with Gasteiger partial charge in [-0.2, -0.15) is 0 Å². The molecule has 0 aliphatic heterocycles. The number of carbonyl (C=O) groups excluding carboxylic acids is 1. The molecule has 1 N–H and O–H groups in total. The second-order valence-electron chi connectivity index (χ2n) is 10.2. The maximum Gasteiger partial charge on any atom is 0.156 e. The van der Waals surface area contributed by atoms with Gasteiger partial charge in [-0.15, -0.1) is 0 Å². The predicted octanol–water partition coefficient (Wildman–Crippen LogP) is 4.91. The molecule has 4 aliphatic rings. The zero-order valence-corrected chi connectivity index (χ0v) is 15.9. The summed E-state index contributed by atoms with van der Waals surface area (Å²) in [5.74, 6) is 3.24. The van der Waals surface area contributed by atoms with Crippen LogP contribution in [-0.4, -0.2) is 16.5 Å². The SMILES string of the molecule is CC(=O)C1=CC[C@H]2[C@@H]3CCC4CC(C)(O)CC[C@]4(C)[C@H]3CC[C@]12C. The molecule has 0 spiro atoms. The molecule has 0 aromatic heterocycles. The molecule has 134 valence electrons. The normalized spacial score (nSPS) is 53.6. The highest BCUT2D eigenvalue weighted by molar-refractivity contribution is 5.95. The Balaban J connectivity index is 1.62. The van der Waals surface area contributed by atoms with E-state index in [9.17, 15) is 9.90 Å². The predicted molar refractivity (Wildman–Crippen MR) is 96.5 cm³/mol. The first-order valence-corrected chi connectivity index (χ1v) is 10.1. The van der Waals surface area contributed by atoms with Crippen molar-refractivity contribution in [3.05, 3.63) is 11.6 Å². The van der Waals surface area contributed by atoms with Crippen LogP contribution < -0.4 is 0 Å². The van der Waals surface area contributed by atoms with Crippen LogP contribution in [0.3, 0.4) is 0 Å². The van der Waals surface area contributed by atoms with Gasteiger partial charge >= 0.3 is 0 Å². The van der Waals surface area contributed by atoms with Crippen molar-refractivity contribution < 1.29 is 9.90 Å². The van der Waals surface area contributed by atoms with Gasteiger partial charge in [0.15, 0.2) is 5.78 Å². The molecule has 2 heteroatoms. The number of rotatable bonds is 1. The quantitative estimate of drug-likeness (QED) is 0.742. The van der Waals surface area contributed by atoms with Gasteiger partial charge in [0.05, 0.1) is 5.60 Å². The number of aliphatic hydroxyl groups is 1. The standard InChI is InChI=1S/C22H34O2/c1-14(23)17-7-8-18-16-6-5-15-13-20(2,24)11-12-21(15,3)19(16)9-10-22(17,18)4/h7,15-16,18-19,24H,5-6,8-13H2,1-4H3/t15?,16-,18-,19-,20?,21-,22+/m0/s1. The minimum Gasteiger partial charge on any atom is -0.390 e. The summed E-state index contributed by atoms with van der Waals surface area (Å²) < 4.78 is 0. The van der Waals surface area contributed by atoms with Crippen LogP contribution in [0.25, 0.3) is 0 Å². The average molecular weight is 331 g/mol. The zero-order valence-electron chi connectivity index (χ0n) is 15.9. The lowest BCUT2D eigenvalue weighted by Crippen LogP contribution is -2.55. The number of hydrogen-bond donors (Lipinski definition) is 1. The molecule has 3 fully saturated rings. The van der Waals surface area contributed by atoms with E-state index >= 15 is 0 Å². The van der Waals surface area contributed by atoms with Crippen LogP contribution in [0, 0.1) is 34.5 Å². The molecule has 0 bridgehead atoms. The Morgan fingerprint density at radius 1 is 1.08 bits per heavy atom. The summed E-state index contributed by atoms with van der Waals surface area (Å²) >= 11 is 0. The van der Waals surface area contributed by atoms with Gasteiger partial charge in [-0.25, -0.2) is 0 Å². The highest BCUT2D eigenvalue weighted by Gasteiger charge is 2.59. The minimum atomic E-state index is -0.448. The molecule has 4 aliphatic carbocycles. The maximum absolute atomic E-state index is 12.1. The first kappa shape index (κ1) is 16.8. The summed E-state index contributed by atoms with van der Waals surface area (Å²) in [6, 6.07) is 0. The summed E-state index contributed by atoms with van der Waals surface area (Å²) in [4.78, 5) is 12.1. The van der Waals surface area contributed by atoms with Gasteiger partial charge in [-0.1, -0.05) is 19.9 Å². The summed E-state index contributed by atoms with van der Waals surface area (Å²) in [7, 11) is 0. The Morgan fingerprint density at radius 3 is 2.54 bits per heavy atom. The Labute approximate surface area is 147 Å². The highest BCUT2D eigenvalue weighted by Crippen LogP contribution is 2.66. The Hall–Kier alpha value is -0.630. The van der Waals surface area contributed by atoms with E-state index in [1.807, 2.05) is 6.92 Å². The van der Waals surface area contributed by atoms with Gasteiger partial charge in [0.25, 0.3) is 0 Å². The van der Waals surface area contributed by atoms with Crippen molar-refractivity contribution in [1.29, 1.82) is 0 Å². The lowest BCUT2D eigenvalue weighted by molar-refractivity contribution is -0.141. The molecule has 0 aromatic rings. The van der Waals surface area contributed by atoms with E-state index in [-0.39, 0.29) is 5.41 Å². The third-order valence-electron chi connectivity index (χ3n) is 8.91. The Kier molecular flexibility index (Phi) is 3.64. The first-order chi connectivity index (χ1) is 11.2. The molecule has 0 amide bonds. The van der Waals surface area contributed by atoms with Gasteiger partial charge in [0, 0.05) is 0 Å². The van der Waals surface area contributed by atoms with Crippen LogP contribution in [-0.2, 0) is 4.79 Å². The average Bonchev–Trinajstić information content (AvgIpc) is 2.85. The van der Waals surface area contributed by atoms with Crippen molar-refractivity contribution in [3.63, 3.8) is 0 Å². The molecule has 3 saturated carbocycles. The van der Waals surface area contributed by atoms with Crippen molar-refractivity contribution in [3.8, 4) is 0 Å². The summed E-state index contributed by atoms with van der Waals surface area (Å²) in [5.41, 5.74) is 1.23. The fourth-order valence-corrected chi connectivity index (χ4v) is 7.54. The van der Waals surface area contributed by atoms with Gasteiger partial charge in [-0.05, 0) is 105 Å². The minimum absolute atomic E-state index is 0.135. The van der Waals surface area contributed by atoms with Crippen LogP contribution in [0.5, 0.6) is 0 Å². The van der Waals surface area contributed by atoms with E-state index in [1.165, 1.54) is 32.1 Å². The second kappa shape index (κ2) is 5.19. The van der Waals surface area contributed by atoms with E-state index in [4.69, 9.17) is 0 Å². The highest BCUT2D eigenvalue weighted by atomic mass is 16.3. The van der Waals surface area contributed by atoms with Gasteiger partial charge in [0.2, 0.25) is 0 Å². The number of Topliss-reactive ketones (excluding diaryl/α,β-unsaturated/α-hetero) is 1. The molecule has 2 nitrogen and oxygen atoms in total. The monoisotopic (exact) mass is 330 g/mol. The lowest BCUT2D eigenvalue weighted by atomic mass is 9.44. The topological polar surface area (TPSA) is 37.3 Å². The number of fused-ring (bicyclic) bond motifs is 5. The van der Waals surface area contributed by atoms with Crippen LogP contribution in [0.2, 0.25) is 0 Å². The fraction of sp³-hybridized carbons (Fsp3) is 0.864. The number of hydrogen-bond acceptors (Lipinski definition) is 2. The van der Waals surface area contributed by atoms with Gasteiger partial charge in [0.1, 0.15) is 0 Å². The molecule has 0 saturated heterocycles. The third-order valence-corrected chi connectivity index (χ3v) is 8.91. The van der Waals surface area contributed by atoms with Crippen LogP contribution in [0.1, 0.15) is 79.1 Å². The van der Waals surface area contributed by atoms with E-state index in [0.717, 1.165) is 36.7 Å². The molecule has 0 radical (unpaired) electrons. The van der Waals surface area contributed by atoms with Crippen molar-refractivity contribution in [2.45, 2.75) is 84.7 Å². The molecule has 2 unspecified atom stereocenters. The smallest absolute Gasteiger partial charge is 0.156 e. The molecular formula is C22H34O2. The molecule has 7 atom stereocenters. The van der Waals surface area contributed by atoms with E-state index in [0.29, 0.717) is 23.0 Å². The molecular weight excluding hydrogens is 296 g/mol. The van der Waals surface area contributed by atoms with Crippen LogP contribution in [0.4, 0.5) is 0 Å².